The topological polar surface area (TPSA) is 63.4 Å². The Balaban J connectivity index is 2.47. The molecule has 0 radical (unpaired) electrons. The third-order valence-electron chi connectivity index (χ3n) is 4.35. The van der Waals surface area contributed by atoms with E-state index in [-0.39, 0.29) is 5.75 Å². The molecule has 124 valence electrons. The predicted molar refractivity (Wildman–Crippen MR) is 97.3 cm³/mol. The number of nitrogen functional groups attached to an aromatic ring is 1. The van der Waals surface area contributed by atoms with Crippen LogP contribution in [0.1, 0.15) is 23.6 Å². The standard InChI is InChI=1S/C18H24N2O2S/c1-6-23(21,22)16-7-8-18(13(3)10-16)20(5)15-9-12(2)14(4)17(19)11-15/h7-11H,6,19H2,1-5H3. The fourth-order valence-corrected chi connectivity index (χ4v) is 3.53. The van der Waals surface area contributed by atoms with Crippen molar-refractivity contribution in [2.45, 2.75) is 32.6 Å². The number of nitrogens with zero attached hydrogens (tertiary/aromatic N) is 1. The van der Waals surface area contributed by atoms with E-state index in [1.165, 1.54) is 0 Å². The lowest BCUT2D eigenvalue weighted by molar-refractivity contribution is 0.597. The minimum Gasteiger partial charge on any atom is -0.398 e. The second-order valence-corrected chi connectivity index (χ2v) is 8.17. The van der Waals surface area contributed by atoms with E-state index in [9.17, 15) is 8.42 Å². The number of anilines is 3. The van der Waals surface area contributed by atoms with Crippen molar-refractivity contribution in [3.05, 3.63) is 47.0 Å². The molecule has 2 N–H and O–H groups in total. The van der Waals surface area contributed by atoms with Gasteiger partial charge in [-0.15, -0.1) is 0 Å². The summed E-state index contributed by atoms with van der Waals surface area (Å²) in [5, 5.41) is 0. The molecule has 0 bridgehead atoms. The quantitative estimate of drug-likeness (QED) is 0.866. The molecular formula is C18H24N2O2S. The second kappa shape index (κ2) is 6.24. The maximum atomic E-state index is 12.0. The molecule has 4 nitrogen and oxygen atoms in total. The third-order valence-corrected chi connectivity index (χ3v) is 6.08. The number of hydrogen-bond acceptors (Lipinski definition) is 4. The van der Waals surface area contributed by atoms with Gasteiger partial charge < -0.3 is 10.6 Å². The van der Waals surface area contributed by atoms with Gasteiger partial charge in [-0.25, -0.2) is 8.42 Å². The summed E-state index contributed by atoms with van der Waals surface area (Å²) in [5.74, 6) is 0.106. The average molecular weight is 332 g/mol. The van der Waals surface area contributed by atoms with Crippen molar-refractivity contribution >= 4 is 26.9 Å². The lowest BCUT2D eigenvalue weighted by atomic mass is 10.1. The van der Waals surface area contributed by atoms with E-state index in [0.717, 1.165) is 33.8 Å². The summed E-state index contributed by atoms with van der Waals surface area (Å²) in [6.45, 7) is 7.62. The van der Waals surface area contributed by atoms with Crippen LogP contribution < -0.4 is 10.6 Å². The first kappa shape index (κ1) is 17.3. The Morgan fingerprint density at radius 2 is 1.70 bits per heavy atom. The minimum absolute atomic E-state index is 0.106. The van der Waals surface area contributed by atoms with Gasteiger partial charge in [0.1, 0.15) is 0 Å². The summed E-state index contributed by atoms with van der Waals surface area (Å²) in [4.78, 5) is 2.40. The van der Waals surface area contributed by atoms with E-state index in [2.05, 4.69) is 6.07 Å². The van der Waals surface area contributed by atoms with E-state index < -0.39 is 9.84 Å². The Morgan fingerprint density at radius 3 is 2.22 bits per heavy atom. The predicted octanol–water partition coefficient (Wildman–Crippen LogP) is 3.76. The Morgan fingerprint density at radius 1 is 1.04 bits per heavy atom. The number of aryl methyl sites for hydroxylation is 2. The van der Waals surface area contributed by atoms with Crippen LogP contribution in [0.3, 0.4) is 0 Å². The van der Waals surface area contributed by atoms with E-state index in [1.54, 1.807) is 19.1 Å². The van der Waals surface area contributed by atoms with Gasteiger partial charge in [-0.1, -0.05) is 6.92 Å². The van der Waals surface area contributed by atoms with Gasteiger partial charge >= 0.3 is 0 Å². The maximum absolute atomic E-state index is 12.0. The molecule has 0 fully saturated rings. The van der Waals surface area contributed by atoms with Crippen LogP contribution >= 0.6 is 0 Å². The van der Waals surface area contributed by atoms with Crippen molar-refractivity contribution in [1.29, 1.82) is 0 Å². The molecule has 2 aromatic carbocycles. The van der Waals surface area contributed by atoms with Gasteiger partial charge in [-0.2, -0.15) is 0 Å². The summed E-state index contributed by atoms with van der Waals surface area (Å²) in [7, 11) is -1.23. The first-order valence-electron chi connectivity index (χ1n) is 7.61. The highest BCUT2D eigenvalue weighted by Crippen LogP contribution is 2.32. The van der Waals surface area contributed by atoms with Gasteiger partial charge in [0.05, 0.1) is 10.6 Å². The van der Waals surface area contributed by atoms with Crippen LogP contribution in [-0.4, -0.2) is 21.2 Å². The van der Waals surface area contributed by atoms with Crippen LogP contribution in [0, 0.1) is 20.8 Å². The van der Waals surface area contributed by atoms with Crippen LogP contribution in [0.25, 0.3) is 0 Å². The van der Waals surface area contributed by atoms with Crippen molar-refractivity contribution in [2.75, 3.05) is 23.4 Å². The number of rotatable bonds is 4. The molecule has 0 amide bonds. The zero-order chi connectivity index (χ0) is 17.4. The molecule has 0 aromatic heterocycles. The molecule has 0 atom stereocenters. The molecule has 0 aliphatic heterocycles. The van der Waals surface area contributed by atoms with E-state index in [1.807, 2.05) is 44.9 Å². The van der Waals surface area contributed by atoms with Gasteiger partial charge in [0, 0.05) is 24.1 Å². The van der Waals surface area contributed by atoms with Crippen molar-refractivity contribution in [3.8, 4) is 0 Å². The molecule has 23 heavy (non-hydrogen) atoms. The van der Waals surface area contributed by atoms with E-state index in [4.69, 9.17) is 5.73 Å². The number of hydrogen-bond donors (Lipinski definition) is 1. The van der Waals surface area contributed by atoms with Crippen LogP contribution in [0.5, 0.6) is 0 Å². The van der Waals surface area contributed by atoms with Crippen molar-refractivity contribution < 1.29 is 8.42 Å². The summed E-state index contributed by atoms with van der Waals surface area (Å²) in [6.07, 6.45) is 0. The number of sulfone groups is 1. The Bertz CT molecular complexity index is 819. The van der Waals surface area contributed by atoms with Crippen molar-refractivity contribution in [1.82, 2.24) is 0 Å². The molecule has 0 spiro atoms. The van der Waals surface area contributed by atoms with Gasteiger partial charge in [-0.3, -0.25) is 0 Å². The summed E-state index contributed by atoms with van der Waals surface area (Å²) < 4.78 is 24.0. The summed E-state index contributed by atoms with van der Waals surface area (Å²) in [6, 6.07) is 9.28. The largest absolute Gasteiger partial charge is 0.398 e. The number of benzene rings is 2. The summed E-state index contributed by atoms with van der Waals surface area (Å²) >= 11 is 0. The molecule has 0 heterocycles. The molecule has 2 rings (SSSR count). The van der Waals surface area contributed by atoms with E-state index >= 15 is 0 Å². The SMILES string of the molecule is CCS(=O)(=O)c1ccc(N(C)c2cc(C)c(C)c(N)c2)c(C)c1. The normalized spacial score (nSPS) is 11.5. The third kappa shape index (κ3) is 3.34. The molecule has 0 saturated heterocycles. The molecule has 0 unspecified atom stereocenters. The molecule has 0 saturated carbocycles. The first-order chi connectivity index (χ1) is 10.7. The zero-order valence-electron chi connectivity index (χ0n) is 14.3. The fourth-order valence-electron chi connectivity index (χ4n) is 2.56. The lowest BCUT2D eigenvalue weighted by Gasteiger charge is -2.23. The fraction of sp³-hybridized carbons (Fsp3) is 0.333. The highest BCUT2D eigenvalue weighted by molar-refractivity contribution is 7.91. The average Bonchev–Trinajstić information content (AvgIpc) is 2.51. The zero-order valence-corrected chi connectivity index (χ0v) is 15.2. The molecular weight excluding hydrogens is 308 g/mol. The first-order valence-corrected chi connectivity index (χ1v) is 9.26. The summed E-state index contributed by atoms with van der Waals surface area (Å²) in [5.41, 5.74) is 11.9. The van der Waals surface area contributed by atoms with Crippen molar-refractivity contribution in [2.24, 2.45) is 0 Å². The Hall–Kier alpha value is -2.01. The van der Waals surface area contributed by atoms with Gasteiger partial charge in [0.25, 0.3) is 0 Å². The Kier molecular flexibility index (Phi) is 4.71. The molecule has 0 aliphatic rings. The molecule has 5 heteroatoms. The highest BCUT2D eigenvalue weighted by atomic mass is 32.2. The molecule has 2 aromatic rings. The van der Waals surface area contributed by atoms with Crippen LogP contribution in [-0.2, 0) is 9.84 Å². The monoisotopic (exact) mass is 332 g/mol. The van der Waals surface area contributed by atoms with Gasteiger partial charge in [0.2, 0.25) is 0 Å². The highest BCUT2D eigenvalue weighted by Gasteiger charge is 2.15. The van der Waals surface area contributed by atoms with Crippen LogP contribution in [0.15, 0.2) is 35.2 Å². The van der Waals surface area contributed by atoms with Gasteiger partial charge in [0.15, 0.2) is 9.84 Å². The lowest BCUT2D eigenvalue weighted by Crippen LogP contribution is -2.13. The Labute approximate surface area is 138 Å². The van der Waals surface area contributed by atoms with Crippen LogP contribution in [0.4, 0.5) is 17.1 Å². The molecule has 0 aliphatic carbocycles. The van der Waals surface area contributed by atoms with Gasteiger partial charge in [-0.05, 0) is 67.8 Å². The van der Waals surface area contributed by atoms with Crippen molar-refractivity contribution in [3.63, 3.8) is 0 Å². The second-order valence-electron chi connectivity index (χ2n) is 5.89. The number of nitrogens with two attached hydrogens (primary N) is 1. The van der Waals surface area contributed by atoms with E-state index in [0.29, 0.717) is 4.90 Å². The smallest absolute Gasteiger partial charge is 0.178 e. The van der Waals surface area contributed by atoms with Crippen LogP contribution in [0.2, 0.25) is 0 Å². The maximum Gasteiger partial charge on any atom is 0.178 e. The minimum atomic E-state index is -3.19.